The second kappa shape index (κ2) is 13.8. The SMILES string of the molecule is C=NN(CCNC)C(=O)C(CC(C)=O)N(C)C(=O)CCCCCSC. The zero-order valence-corrected chi connectivity index (χ0v) is 16.7. The first-order chi connectivity index (χ1) is 11.9. The molecule has 0 bridgehead atoms. The van der Waals surface area contributed by atoms with Gasteiger partial charge in [0.25, 0.3) is 5.91 Å². The molecule has 8 heteroatoms. The predicted molar refractivity (Wildman–Crippen MR) is 104 cm³/mol. The number of hydrazone groups is 1. The van der Waals surface area contributed by atoms with Crippen LogP contribution in [0, 0.1) is 0 Å². The summed E-state index contributed by atoms with van der Waals surface area (Å²) in [6, 6.07) is -0.835. The van der Waals surface area contributed by atoms with Crippen LogP contribution < -0.4 is 5.32 Å². The van der Waals surface area contributed by atoms with E-state index < -0.39 is 6.04 Å². The molecule has 25 heavy (non-hydrogen) atoms. The molecule has 0 rings (SSSR count). The van der Waals surface area contributed by atoms with Crippen molar-refractivity contribution in [2.24, 2.45) is 5.10 Å². The summed E-state index contributed by atoms with van der Waals surface area (Å²) >= 11 is 1.79. The average Bonchev–Trinajstić information content (AvgIpc) is 2.58. The number of nitrogens with one attached hydrogen (secondary N) is 1. The lowest BCUT2D eigenvalue weighted by Gasteiger charge is -2.30. The number of likely N-dealkylation sites (N-methyl/N-ethyl adjacent to an activating group) is 2. The fraction of sp³-hybridized carbons (Fsp3) is 0.765. The number of nitrogens with zero attached hydrogens (tertiary/aromatic N) is 3. The summed E-state index contributed by atoms with van der Waals surface area (Å²) in [5.74, 6) is 0.441. The van der Waals surface area contributed by atoms with Gasteiger partial charge in [0.2, 0.25) is 5.91 Å². The fourth-order valence-electron chi connectivity index (χ4n) is 2.35. The van der Waals surface area contributed by atoms with E-state index in [-0.39, 0.29) is 24.0 Å². The van der Waals surface area contributed by atoms with E-state index in [9.17, 15) is 14.4 Å². The molecule has 0 aliphatic heterocycles. The maximum Gasteiger partial charge on any atom is 0.265 e. The van der Waals surface area contributed by atoms with Crippen LogP contribution in [0.5, 0.6) is 0 Å². The van der Waals surface area contributed by atoms with Crippen LogP contribution in [0.25, 0.3) is 0 Å². The van der Waals surface area contributed by atoms with Crippen molar-refractivity contribution in [2.45, 2.75) is 45.1 Å². The summed E-state index contributed by atoms with van der Waals surface area (Å²) < 4.78 is 0. The van der Waals surface area contributed by atoms with Gasteiger partial charge in [0, 0.05) is 33.2 Å². The highest BCUT2D eigenvalue weighted by Gasteiger charge is 2.31. The van der Waals surface area contributed by atoms with E-state index in [0.717, 1.165) is 25.0 Å². The van der Waals surface area contributed by atoms with Crippen LogP contribution >= 0.6 is 11.8 Å². The van der Waals surface area contributed by atoms with E-state index in [4.69, 9.17) is 0 Å². The number of hydrogen-bond donors (Lipinski definition) is 1. The molecule has 0 aromatic heterocycles. The minimum absolute atomic E-state index is 0.0148. The van der Waals surface area contributed by atoms with Crippen LogP contribution in [-0.2, 0) is 14.4 Å². The van der Waals surface area contributed by atoms with Crippen molar-refractivity contribution in [3.8, 4) is 0 Å². The van der Waals surface area contributed by atoms with Gasteiger partial charge in [-0.1, -0.05) is 6.42 Å². The van der Waals surface area contributed by atoms with Gasteiger partial charge >= 0.3 is 0 Å². The van der Waals surface area contributed by atoms with E-state index >= 15 is 0 Å². The van der Waals surface area contributed by atoms with Gasteiger partial charge < -0.3 is 10.2 Å². The Hall–Kier alpha value is -1.41. The normalized spacial score (nSPS) is 11.7. The van der Waals surface area contributed by atoms with Crippen molar-refractivity contribution >= 4 is 36.1 Å². The molecule has 1 N–H and O–H groups in total. The monoisotopic (exact) mass is 372 g/mol. The van der Waals surface area contributed by atoms with Gasteiger partial charge in [-0.25, -0.2) is 5.01 Å². The number of ketones is 1. The molecule has 0 saturated heterocycles. The fourth-order valence-corrected chi connectivity index (χ4v) is 2.84. The highest BCUT2D eigenvalue weighted by atomic mass is 32.2. The van der Waals surface area contributed by atoms with Crippen LogP contribution in [-0.4, -0.2) is 79.5 Å². The van der Waals surface area contributed by atoms with Gasteiger partial charge in [0.05, 0.1) is 6.54 Å². The number of Topliss-reactive ketones (excluding diaryl/α,β-unsaturated/α-hetero) is 1. The van der Waals surface area contributed by atoms with E-state index in [2.05, 4.69) is 23.4 Å². The van der Waals surface area contributed by atoms with Gasteiger partial charge in [-0.3, -0.25) is 14.4 Å². The number of carbonyl (C=O) groups is 3. The van der Waals surface area contributed by atoms with E-state index in [1.54, 1.807) is 25.9 Å². The largest absolute Gasteiger partial charge is 0.333 e. The molecular formula is C17H32N4O3S. The molecule has 2 amide bonds. The van der Waals surface area contributed by atoms with Gasteiger partial charge in [-0.15, -0.1) is 0 Å². The number of hydrogen-bond acceptors (Lipinski definition) is 6. The van der Waals surface area contributed by atoms with Crippen molar-refractivity contribution in [1.82, 2.24) is 15.2 Å². The number of unbranched alkanes of at least 4 members (excludes halogenated alkanes) is 2. The second-order valence-corrected chi connectivity index (χ2v) is 6.92. The molecule has 0 fully saturated rings. The van der Waals surface area contributed by atoms with Crippen LogP contribution in [0.4, 0.5) is 0 Å². The van der Waals surface area contributed by atoms with Crippen LogP contribution in [0.2, 0.25) is 0 Å². The number of amides is 2. The molecular weight excluding hydrogens is 340 g/mol. The van der Waals surface area contributed by atoms with E-state index in [0.29, 0.717) is 19.5 Å². The Morgan fingerprint density at radius 1 is 1.24 bits per heavy atom. The van der Waals surface area contributed by atoms with Gasteiger partial charge in [-0.2, -0.15) is 16.9 Å². The maximum absolute atomic E-state index is 12.7. The minimum Gasteiger partial charge on any atom is -0.333 e. The molecule has 0 spiro atoms. The lowest BCUT2D eigenvalue weighted by molar-refractivity contribution is -0.146. The molecule has 0 aliphatic carbocycles. The third-order valence-electron chi connectivity index (χ3n) is 3.86. The predicted octanol–water partition coefficient (Wildman–Crippen LogP) is 1.38. The summed E-state index contributed by atoms with van der Waals surface area (Å²) in [7, 11) is 3.35. The topological polar surface area (TPSA) is 82.1 Å². The summed E-state index contributed by atoms with van der Waals surface area (Å²) in [5.41, 5.74) is 0. The Balaban J connectivity index is 4.86. The van der Waals surface area contributed by atoms with Crippen LogP contribution in [0.15, 0.2) is 5.10 Å². The Morgan fingerprint density at radius 3 is 2.44 bits per heavy atom. The molecule has 7 nitrogen and oxygen atoms in total. The lowest BCUT2D eigenvalue weighted by atomic mass is 10.1. The second-order valence-electron chi connectivity index (χ2n) is 5.94. The van der Waals surface area contributed by atoms with Crippen molar-refractivity contribution in [1.29, 1.82) is 0 Å². The zero-order chi connectivity index (χ0) is 19.2. The molecule has 0 aromatic rings. The molecule has 1 unspecified atom stereocenters. The molecule has 0 aromatic carbocycles. The van der Waals surface area contributed by atoms with E-state index in [1.807, 2.05) is 0 Å². The molecule has 144 valence electrons. The maximum atomic E-state index is 12.7. The Bertz CT molecular complexity index is 446. The molecule has 0 saturated carbocycles. The van der Waals surface area contributed by atoms with Gasteiger partial charge in [-0.05, 0) is 38.8 Å². The lowest BCUT2D eigenvalue weighted by Crippen LogP contribution is -2.49. The summed E-state index contributed by atoms with van der Waals surface area (Å²) in [6.45, 7) is 5.72. The summed E-state index contributed by atoms with van der Waals surface area (Å²) in [6.07, 6.45) is 5.27. The Labute approximate surface area is 155 Å². The summed E-state index contributed by atoms with van der Waals surface area (Å²) in [4.78, 5) is 38.1. The zero-order valence-electron chi connectivity index (χ0n) is 15.9. The molecule has 0 radical (unpaired) electrons. The van der Waals surface area contributed by atoms with Crippen LogP contribution in [0.3, 0.4) is 0 Å². The first kappa shape index (κ1) is 23.6. The van der Waals surface area contributed by atoms with Crippen molar-refractivity contribution in [3.63, 3.8) is 0 Å². The molecule has 1 atom stereocenters. The third-order valence-corrected chi connectivity index (χ3v) is 4.56. The van der Waals surface area contributed by atoms with Crippen molar-refractivity contribution < 1.29 is 14.4 Å². The van der Waals surface area contributed by atoms with Crippen molar-refractivity contribution in [3.05, 3.63) is 0 Å². The number of thioether (sulfide) groups is 1. The highest BCUT2D eigenvalue weighted by molar-refractivity contribution is 7.98. The first-order valence-corrected chi connectivity index (χ1v) is 9.95. The average molecular weight is 373 g/mol. The minimum atomic E-state index is -0.835. The third kappa shape index (κ3) is 9.60. The highest BCUT2D eigenvalue weighted by Crippen LogP contribution is 2.12. The van der Waals surface area contributed by atoms with Crippen LogP contribution in [0.1, 0.15) is 39.0 Å². The summed E-state index contributed by atoms with van der Waals surface area (Å²) in [5, 5.41) is 7.88. The smallest absolute Gasteiger partial charge is 0.265 e. The number of rotatable bonds is 14. The first-order valence-electron chi connectivity index (χ1n) is 8.55. The van der Waals surface area contributed by atoms with Gasteiger partial charge in [0.15, 0.2) is 0 Å². The van der Waals surface area contributed by atoms with Gasteiger partial charge in [0.1, 0.15) is 11.8 Å². The van der Waals surface area contributed by atoms with E-state index in [1.165, 1.54) is 16.8 Å². The standard InChI is InChI=1S/C17H32N4O3S/c1-14(22)13-15(17(24)21(19-3)11-10-18-2)20(4)16(23)9-7-6-8-12-25-5/h15,18H,3,6-13H2,1-2,4-5H3. The molecule has 0 heterocycles. The molecule has 0 aliphatic rings. The quantitative estimate of drug-likeness (QED) is 0.283. The number of carbonyl (C=O) groups excluding carboxylic acids is 3. The Kier molecular flexibility index (Phi) is 13.1. The Morgan fingerprint density at radius 2 is 1.92 bits per heavy atom. The van der Waals surface area contributed by atoms with Crippen molar-refractivity contribution in [2.75, 3.05) is 39.2 Å².